The van der Waals surface area contributed by atoms with Gasteiger partial charge in [-0.05, 0) is 85.4 Å². The van der Waals surface area contributed by atoms with E-state index in [0.717, 1.165) is 26.9 Å². The van der Waals surface area contributed by atoms with Crippen molar-refractivity contribution in [1.29, 1.82) is 0 Å². The van der Waals surface area contributed by atoms with Gasteiger partial charge in [0.2, 0.25) is 0 Å². The Labute approximate surface area is 312 Å². The molecule has 254 valence electrons. The number of ether oxygens (including phenoxy) is 3. The summed E-state index contributed by atoms with van der Waals surface area (Å²) in [6.45, 7) is 1.24. The maximum Gasteiger partial charge on any atom is 0.161 e. The van der Waals surface area contributed by atoms with Crippen molar-refractivity contribution in [2.45, 2.75) is 19.1 Å². The number of methoxy groups -OCH3 is 2. The van der Waals surface area contributed by atoms with Crippen LogP contribution in [0.25, 0.3) is 32.3 Å². The smallest absolute Gasteiger partial charge is 0.161 e. The van der Waals surface area contributed by atoms with E-state index in [1.807, 2.05) is 60.7 Å². The number of benzene rings is 8. The highest BCUT2D eigenvalue weighted by atomic mass is 79.9. The van der Waals surface area contributed by atoms with E-state index in [1.54, 1.807) is 14.2 Å². The second-order valence-corrected chi connectivity index (χ2v) is 13.6. The van der Waals surface area contributed by atoms with Gasteiger partial charge in [-0.15, -0.1) is 0 Å². The summed E-state index contributed by atoms with van der Waals surface area (Å²) >= 11 is 3.86. The molecule has 0 N–H and O–H groups in total. The van der Waals surface area contributed by atoms with Crippen molar-refractivity contribution in [2.75, 3.05) is 14.2 Å². The highest BCUT2D eigenvalue weighted by Crippen LogP contribution is 2.41. The molecule has 1 atom stereocenters. The molecule has 0 aliphatic rings. The Balaban J connectivity index is 1.33. The van der Waals surface area contributed by atoms with Crippen LogP contribution in [0.1, 0.15) is 28.3 Å². The number of hydrogen-bond donors (Lipinski definition) is 0. The molecule has 5 heteroatoms. The van der Waals surface area contributed by atoms with Crippen LogP contribution in [-0.4, -0.2) is 19.1 Å². The zero-order chi connectivity index (χ0) is 35.4. The fourth-order valence-electron chi connectivity index (χ4n) is 7.08. The van der Waals surface area contributed by atoms with Crippen LogP contribution in [0.15, 0.2) is 156 Å². The Hall–Kier alpha value is -5.80. The van der Waals surface area contributed by atoms with E-state index in [1.165, 1.54) is 37.9 Å². The predicted octanol–water partition coefficient (Wildman–Crippen LogP) is 12.0. The first kappa shape index (κ1) is 33.3. The topological polar surface area (TPSA) is 30.9 Å². The van der Waals surface area contributed by atoms with Crippen LogP contribution >= 0.6 is 15.9 Å². The van der Waals surface area contributed by atoms with E-state index in [4.69, 9.17) is 14.2 Å². The van der Waals surface area contributed by atoms with Crippen LogP contribution in [0.4, 0.5) is 0 Å². The van der Waals surface area contributed by atoms with E-state index in [0.29, 0.717) is 30.3 Å². The summed E-state index contributed by atoms with van der Waals surface area (Å²) in [5.74, 6) is 10.2. The van der Waals surface area contributed by atoms with Crippen LogP contribution in [0.5, 0.6) is 23.0 Å². The maximum absolute atomic E-state index is 6.36. The quantitative estimate of drug-likeness (QED) is 0.103. The minimum Gasteiger partial charge on any atom is -0.493 e. The third-order valence-corrected chi connectivity index (χ3v) is 10.3. The zero-order valence-electron chi connectivity index (χ0n) is 29.0. The van der Waals surface area contributed by atoms with Gasteiger partial charge in [0.1, 0.15) is 11.5 Å². The van der Waals surface area contributed by atoms with E-state index in [-0.39, 0.29) is 6.04 Å². The first-order chi connectivity index (χ1) is 25.6. The van der Waals surface area contributed by atoms with Gasteiger partial charge in [-0.2, -0.15) is 0 Å². The monoisotopic (exact) mass is 741 g/mol. The Morgan fingerprint density at radius 1 is 0.596 bits per heavy atom. The number of para-hydroxylation sites is 2. The molecule has 4 nitrogen and oxygen atoms in total. The third kappa shape index (κ3) is 6.67. The Morgan fingerprint density at radius 3 is 1.98 bits per heavy atom. The lowest BCUT2D eigenvalue weighted by Gasteiger charge is -2.31. The highest BCUT2D eigenvalue weighted by Gasteiger charge is 2.25. The SMILES string of the molecule is COc1cc(Br)c(CN(Cc2ccccc2)C(C#Cc2ccccc2Oc2ccccc2)c2ccc3ccc4cccc5ccc2c3c45)cc1OC. The second kappa shape index (κ2) is 14.8. The molecule has 0 radical (unpaired) electrons. The summed E-state index contributed by atoms with van der Waals surface area (Å²) in [7, 11) is 3.33. The molecule has 0 fully saturated rings. The first-order valence-electron chi connectivity index (χ1n) is 17.3. The molecule has 0 saturated heterocycles. The standard InChI is InChI=1S/C47H36BrNO3/c1-50-44-28-37(41(48)29-45(44)51-2)31-49(30-32-12-5-3-6-13-32)42(27-24-33-14-9-10-19-43(33)52-38-17-7-4-8-18-38)39-25-22-36-21-20-34-15-11-16-35-23-26-40(39)47(36)46(34)35/h3-23,25-26,28-29,42H,30-31H2,1-2H3. The van der Waals surface area contributed by atoms with Gasteiger partial charge in [-0.1, -0.05) is 143 Å². The average Bonchev–Trinajstić information content (AvgIpc) is 3.19. The van der Waals surface area contributed by atoms with Crippen molar-refractivity contribution >= 4 is 48.2 Å². The van der Waals surface area contributed by atoms with Crippen LogP contribution in [0.2, 0.25) is 0 Å². The van der Waals surface area contributed by atoms with Crippen molar-refractivity contribution in [2.24, 2.45) is 0 Å². The molecule has 8 aromatic carbocycles. The molecule has 8 aromatic rings. The van der Waals surface area contributed by atoms with Gasteiger partial charge in [0.25, 0.3) is 0 Å². The number of halogens is 1. The molecule has 0 aromatic heterocycles. The summed E-state index contributed by atoms with van der Waals surface area (Å²) in [5.41, 5.74) is 4.22. The van der Waals surface area contributed by atoms with Crippen LogP contribution in [-0.2, 0) is 13.1 Å². The van der Waals surface area contributed by atoms with Gasteiger partial charge >= 0.3 is 0 Å². The fourth-order valence-corrected chi connectivity index (χ4v) is 7.52. The minimum atomic E-state index is -0.311. The second-order valence-electron chi connectivity index (χ2n) is 12.8. The first-order valence-corrected chi connectivity index (χ1v) is 18.1. The molecular formula is C47H36BrNO3. The summed E-state index contributed by atoms with van der Waals surface area (Å²) < 4.78 is 18.7. The zero-order valence-corrected chi connectivity index (χ0v) is 30.6. The molecule has 0 amide bonds. The summed E-state index contributed by atoms with van der Waals surface area (Å²) in [4.78, 5) is 2.45. The lowest BCUT2D eigenvalue weighted by Crippen LogP contribution is -2.28. The largest absolute Gasteiger partial charge is 0.493 e. The molecule has 0 heterocycles. The minimum absolute atomic E-state index is 0.311. The van der Waals surface area contributed by atoms with Crippen molar-refractivity contribution in [3.63, 3.8) is 0 Å². The molecule has 0 aliphatic carbocycles. The molecule has 0 saturated carbocycles. The summed E-state index contributed by atoms with van der Waals surface area (Å²) in [5, 5.41) is 7.42. The average molecular weight is 743 g/mol. The van der Waals surface area contributed by atoms with E-state index < -0.39 is 0 Å². The van der Waals surface area contributed by atoms with Crippen molar-refractivity contribution in [1.82, 2.24) is 4.90 Å². The Morgan fingerprint density at radius 2 is 1.23 bits per heavy atom. The molecule has 0 aliphatic heterocycles. The number of hydrogen-bond acceptors (Lipinski definition) is 4. The highest BCUT2D eigenvalue weighted by molar-refractivity contribution is 9.10. The van der Waals surface area contributed by atoms with Gasteiger partial charge in [-0.3, -0.25) is 4.90 Å². The summed E-state index contributed by atoms with van der Waals surface area (Å²) in [6, 6.07) is 52.2. The number of nitrogens with zero attached hydrogens (tertiary/aromatic N) is 1. The van der Waals surface area contributed by atoms with E-state index in [2.05, 4.69) is 124 Å². The van der Waals surface area contributed by atoms with Gasteiger partial charge in [-0.25, -0.2) is 0 Å². The molecule has 0 bridgehead atoms. The maximum atomic E-state index is 6.36. The van der Waals surface area contributed by atoms with Crippen LogP contribution in [0.3, 0.4) is 0 Å². The summed E-state index contributed by atoms with van der Waals surface area (Å²) in [6.07, 6.45) is 0. The lowest BCUT2D eigenvalue weighted by atomic mass is 9.89. The van der Waals surface area contributed by atoms with Gasteiger partial charge in [0.05, 0.1) is 25.8 Å². The van der Waals surface area contributed by atoms with Gasteiger partial charge in [0.15, 0.2) is 11.5 Å². The Kier molecular flexibility index (Phi) is 9.50. The van der Waals surface area contributed by atoms with Gasteiger partial charge in [0, 0.05) is 17.6 Å². The Bertz CT molecular complexity index is 2540. The molecule has 0 spiro atoms. The van der Waals surface area contributed by atoms with Crippen molar-refractivity contribution < 1.29 is 14.2 Å². The van der Waals surface area contributed by atoms with Crippen LogP contribution in [0, 0.1) is 11.8 Å². The normalized spacial score (nSPS) is 11.8. The van der Waals surface area contributed by atoms with Crippen molar-refractivity contribution in [3.05, 3.63) is 178 Å². The third-order valence-electron chi connectivity index (χ3n) is 9.58. The van der Waals surface area contributed by atoms with E-state index in [9.17, 15) is 0 Å². The van der Waals surface area contributed by atoms with Crippen molar-refractivity contribution in [3.8, 4) is 34.8 Å². The predicted molar refractivity (Wildman–Crippen MR) is 216 cm³/mol. The molecular weight excluding hydrogens is 706 g/mol. The fraction of sp³-hybridized carbons (Fsp3) is 0.106. The number of rotatable bonds is 10. The molecule has 52 heavy (non-hydrogen) atoms. The van der Waals surface area contributed by atoms with E-state index >= 15 is 0 Å². The molecule has 8 rings (SSSR count). The lowest BCUT2D eigenvalue weighted by molar-refractivity contribution is 0.219. The molecule has 1 unspecified atom stereocenters. The van der Waals surface area contributed by atoms with Crippen LogP contribution < -0.4 is 14.2 Å². The van der Waals surface area contributed by atoms with Gasteiger partial charge < -0.3 is 14.2 Å².